The molecule has 3 N–H and O–H groups in total. The zero-order chi connectivity index (χ0) is 59.2. The van der Waals surface area contributed by atoms with Gasteiger partial charge >= 0.3 is 5.97 Å². The number of allylic oxidation sites excluding steroid dienone is 3. The second-order valence-electron chi connectivity index (χ2n) is 26.0. The molecule has 0 heterocycles. The van der Waals surface area contributed by atoms with Gasteiger partial charge in [0, 0.05) is 12.8 Å². The lowest BCUT2D eigenvalue weighted by atomic mass is 10.0. The lowest BCUT2D eigenvalue weighted by Crippen LogP contribution is -2.45. The summed E-state index contributed by atoms with van der Waals surface area (Å²) in [6.45, 7) is 4.95. The first-order valence-corrected chi connectivity index (χ1v) is 37.6. The highest BCUT2D eigenvalue weighted by Crippen LogP contribution is 2.19. The van der Waals surface area contributed by atoms with Crippen molar-refractivity contribution in [3.8, 4) is 0 Å². The standard InChI is InChI=1S/C76H147NO5/c1-3-5-7-9-11-13-15-17-19-21-22-23-24-28-31-34-37-40-44-48-52-56-60-64-68-74(79)73(72-78)77-75(80)69-65-61-57-53-49-45-41-38-35-32-29-26-25-27-30-33-36-39-43-47-51-55-59-63-67-71-82-76(81)70-66-62-58-54-50-46-42-20-18-16-14-12-10-8-6-4-2/h26,29,64,68,73-74,78-79H,3-25,27-28,30-63,65-67,69-72H2,1-2H3,(H,77,80)/b29-26-,68-64+. The van der Waals surface area contributed by atoms with E-state index in [1.807, 2.05) is 6.08 Å². The van der Waals surface area contributed by atoms with Crippen molar-refractivity contribution < 1.29 is 24.5 Å². The molecule has 82 heavy (non-hydrogen) atoms. The molecule has 0 aliphatic rings. The fourth-order valence-electron chi connectivity index (χ4n) is 12.0. The highest BCUT2D eigenvalue weighted by Gasteiger charge is 2.18. The lowest BCUT2D eigenvalue weighted by Gasteiger charge is -2.20. The fourth-order valence-corrected chi connectivity index (χ4v) is 12.0. The van der Waals surface area contributed by atoms with Gasteiger partial charge in [0.25, 0.3) is 0 Å². The van der Waals surface area contributed by atoms with Gasteiger partial charge in [0.2, 0.25) is 5.91 Å². The quantitative estimate of drug-likeness (QED) is 0.0320. The van der Waals surface area contributed by atoms with Crippen LogP contribution in [0.15, 0.2) is 24.3 Å². The summed E-state index contributed by atoms with van der Waals surface area (Å²) in [7, 11) is 0. The van der Waals surface area contributed by atoms with Crippen molar-refractivity contribution in [1.29, 1.82) is 0 Å². The van der Waals surface area contributed by atoms with Crippen LogP contribution in [0, 0.1) is 0 Å². The largest absolute Gasteiger partial charge is 0.466 e. The first-order valence-electron chi connectivity index (χ1n) is 37.6. The number of carbonyl (C=O) groups excluding carboxylic acids is 2. The minimum atomic E-state index is -0.848. The molecule has 0 aliphatic carbocycles. The molecule has 0 aromatic heterocycles. The van der Waals surface area contributed by atoms with Gasteiger partial charge in [-0.2, -0.15) is 0 Å². The molecule has 0 aliphatic heterocycles. The number of amides is 1. The van der Waals surface area contributed by atoms with Crippen LogP contribution in [0.5, 0.6) is 0 Å². The van der Waals surface area contributed by atoms with Gasteiger partial charge < -0.3 is 20.3 Å². The topological polar surface area (TPSA) is 95.9 Å². The summed E-state index contributed by atoms with van der Waals surface area (Å²) in [6.07, 6.45) is 91.3. The van der Waals surface area contributed by atoms with E-state index < -0.39 is 12.1 Å². The molecular weight excluding hydrogens is 1010 g/mol. The summed E-state index contributed by atoms with van der Waals surface area (Å²) in [4.78, 5) is 24.6. The number of hydrogen-bond donors (Lipinski definition) is 3. The molecule has 0 aromatic carbocycles. The Morgan fingerprint density at radius 3 is 0.866 bits per heavy atom. The SMILES string of the molecule is CCCCCCCCCCCCCCCCCCCCCCCC/C=C/C(O)C(CO)NC(=O)CCCCCCCCCCC/C=C\CCCCCCCCCCCCCCOC(=O)CCCCCCCCCCCCCCCCCC. The highest BCUT2D eigenvalue weighted by atomic mass is 16.5. The van der Waals surface area contributed by atoms with E-state index in [0.29, 0.717) is 19.4 Å². The van der Waals surface area contributed by atoms with E-state index in [1.165, 1.54) is 360 Å². The Balaban J connectivity index is 3.41. The van der Waals surface area contributed by atoms with Crippen molar-refractivity contribution in [2.45, 2.75) is 437 Å². The molecule has 0 bridgehead atoms. The van der Waals surface area contributed by atoms with Crippen molar-refractivity contribution in [1.82, 2.24) is 5.32 Å². The van der Waals surface area contributed by atoms with Crippen LogP contribution in [0.3, 0.4) is 0 Å². The molecule has 0 saturated carbocycles. The van der Waals surface area contributed by atoms with Gasteiger partial charge in [-0.15, -0.1) is 0 Å². The summed E-state index contributed by atoms with van der Waals surface area (Å²) in [6, 6.07) is -0.631. The van der Waals surface area contributed by atoms with E-state index in [-0.39, 0.29) is 18.5 Å². The zero-order valence-corrected chi connectivity index (χ0v) is 55.8. The van der Waals surface area contributed by atoms with Crippen molar-refractivity contribution in [3.63, 3.8) is 0 Å². The number of esters is 1. The third-order valence-corrected chi connectivity index (χ3v) is 17.7. The number of aliphatic hydroxyl groups excluding tert-OH is 2. The number of ether oxygens (including phenoxy) is 1. The minimum Gasteiger partial charge on any atom is -0.466 e. The minimum absolute atomic E-state index is 0.0175. The van der Waals surface area contributed by atoms with Crippen LogP contribution in [0.1, 0.15) is 425 Å². The Hall–Kier alpha value is -1.66. The zero-order valence-electron chi connectivity index (χ0n) is 55.8. The third kappa shape index (κ3) is 67.5. The van der Waals surface area contributed by atoms with Crippen LogP contribution in [0.25, 0.3) is 0 Å². The van der Waals surface area contributed by atoms with Gasteiger partial charge in [0.05, 0.1) is 25.4 Å². The maximum atomic E-state index is 12.5. The third-order valence-electron chi connectivity index (χ3n) is 17.7. The second kappa shape index (κ2) is 71.8. The molecule has 6 heteroatoms. The molecule has 2 atom stereocenters. The van der Waals surface area contributed by atoms with Gasteiger partial charge in [0.1, 0.15) is 0 Å². The second-order valence-corrected chi connectivity index (χ2v) is 26.0. The van der Waals surface area contributed by atoms with Crippen molar-refractivity contribution in [2.75, 3.05) is 13.2 Å². The molecule has 0 rings (SSSR count). The number of nitrogens with one attached hydrogen (secondary N) is 1. The molecule has 6 nitrogen and oxygen atoms in total. The average Bonchev–Trinajstić information content (AvgIpc) is 3.48. The fraction of sp³-hybridized carbons (Fsp3) is 0.921. The van der Waals surface area contributed by atoms with E-state index >= 15 is 0 Å². The van der Waals surface area contributed by atoms with Crippen LogP contribution in [-0.2, 0) is 14.3 Å². The highest BCUT2D eigenvalue weighted by molar-refractivity contribution is 5.76. The molecule has 1 amide bonds. The van der Waals surface area contributed by atoms with Crippen molar-refractivity contribution in [3.05, 3.63) is 24.3 Å². The van der Waals surface area contributed by atoms with E-state index in [9.17, 15) is 19.8 Å². The maximum Gasteiger partial charge on any atom is 0.305 e. The Kier molecular flexibility index (Phi) is 70.4. The van der Waals surface area contributed by atoms with Gasteiger partial charge in [-0.3, -0.25) is 9.59 Å². The molecule has 0 saturated heterocycles. The van der Waals surface area contributed by atoms with Gasteiger partial charge in [0.15, 0.2) is 0 Å². The number of hydrogen-bond acceptors (Lipinski definition) is 5. The summed E-state index contributed by atoms with van der Waals surface area (Å²) >= 11 is 0. The first-order chi connectivity index (χ1) is 40.5. The van der Waals surface area contributed by atoms with E-state index in [2.05, 4.69) is 31.3 Å². The van der Waals surface area contributed by atoms with Crippen LogP contribution < -0.4 is 5.32 Å². The summed E-state index contributed by atoms with van der Waals surface area (Å²) in [5.74, 6) is -0.0487. The normalized spacial score (nSPS) is 12.6. The molecule has 2 unspecified atom stereocenters. The number of aliphatic hydroxyl groups is 2. The molecule has 0 spiro atoms. The average molecular weight is 1160 g/mol. The smallest absolute Gasteiger partial charge is 0.305 e. The predicted octanol–water partition coefficient (Wildman–Crippen LogP) is 24.5. The van der Waals surface area contributed by atoms with Crippen molar-refractivity contribution >= 4 is 11.9 Å². The van der Waals surface area contributed by atoms with Gasteiger partial charge in [-0.05, 0) is 57.8 Å². The van der Waals surface area contributed by atoms with E-state index in [4.69, 9.17) is 4.74 Å². The number of unbranched alkanes of at least 4 members (excludes halogenated alkanes) is 58. The summed E-state index contributed by atoms with van der Waals surface area (Å²) < 4.78 is 5.50. The van der Waals surface area contributed by atoms with Crippen LogP contribution in [0.2, 0.25) is 0 Å². The Labute approximate surface area is 513 Å². The Bertz CT molecular complexity index is 1280. The summed E-state index contributed by atoms with van der Waals surface area (Å²) in [5, 5.41) is 23.3. The van der Waals surface area contributed by atoms with Crippen molar-refractivity contribution in [2.24, 2.45) is 0 Å². The lowest BCUT2D eigenvalue weighted by molar-refractivity contribution is -0.143. The Morgan fingerprint density at radius 2 is 0.573 bits per heavy atom. The molecule has 0 aromatic rings. The van der Waals surface area contributed by atoms with Crippen LogP contribution in [-0.4, -0.2) is 47.4 Å². The van der Waals surface area contributed by atoms with Gasteiger partial charge in [-0.1, -0.05) is 378 Å². The van der Waals surface area contributed by atoms with E-state index in [1.54, 1.807) is 6.08 Å². The number of carbonyl (C=O) groups is 2. The van der Waals surface area contributed by atoms with Crippen LogP contribution >= 0.6 is 0 Å². The molecular formula is C76H147NO5. The van der Waals surface area contributed by atoms with Crippen LogP contribution in [0.4, 0.5) is 0 Å². The molecule has 0 radical (unpaired) electrons. The summed E-state index contributed by atoms with van der Waals surface area (Å²) in [5.41, 5.74) is 0. The van der Waals surface area contributed by atoms with Gasteiger partial charge in [-0.25, -0.2) is 0 Å². The van der Waals surface area contributed by atoms with E-state index in [0.717, 1.165) is 38.5 Å². The molecule has 0 fully saturated rings. The monoisotopic (exact) mass is 1150 g/mol. The number of rotatable bonds is 71. The maximum absolute atomic E-state index is 12.5. The predicted molar refractivity (Wildman–Crippen MR) is 361 cm³/mol. The molecule has 486 valence electrons. The Morgan fingerprint density at radius 1 is 0.329 bits per heavy atom. The first kappa shape index (κ1) is 80.3.